The van der Waals surface area contributed by atoms with Crippen LogP contribution in [0.3, 0.4) is 0 Å². The largest absolute Gasteiger partial charge is 0.310 e. The van der Waals surface area contributed by atoms with Crippen molar-refractivity contribution in [2.75, 3.05) is 4.90 Å². The van der Waals surface area contributed by atoms with Crippen LogP contribution in [-0.2, 0) is 0 Å². The molecule has 50 heavy (non-hydrogen) atoms. The maximum Gasteiger partial charge on any atom is 0.0562 e. The molecule has 0 aliphatic heterocycles. The highest BCUT2D eigenvalue weighted by atomic mass is 15.1. The number of rotatable bonds is 7. The third-order valence-corrected chi connectivity index (χ3v) is 9.54. The zero-order valence-electron chi connectivity index (χ0n) is 27.5. The molecule has 0 bridgehead atoms. The number of hydrogen-bond donors (Lipinski definition) is 0. The van der Waals surface area contributed by atoms with Crippen LogP contribution in [0.2, 0.25) is 0 Å². The molecule has 0 spiro atoms. The fourth-order valence-electron chi connectivity index (χ4n) is 7.27. The van der Waals surface area contributed by atoms with Crippen LogP contribution >= 0.6 is 0 Å². The van der Waals surface area contributed by atoms with Gasteiger partial charge in [0, 0.05) is 33.5 Å². The van der Waals surface area contributed by atoms with Gasteiger partial charge >= 0.3 is 0 Å². The van der Waals surface area contributed by atoms with Crippen LogP contribution in [0.5, 0.6) is 0 Å². The van der Waals surface area contributed by atoms with Crippen LogP contribution in [0.4, 0.5) is 17.1 Å². The molecule has 0 atom stereocenters. The van der Waals surface area contributed by atoms with Gasteiger partial charge in [-0.15, -0.1) is 0 Å². The highest BCUT2D eigenvalue weighted by molar-refractivity contribution is 6.16. The fourth-order valence-corrected chi connectivity index (χ4v) is 7.27. The van der Waals surface area contributed by atoms with Crippen LogP contribution < -0.4 is 4.90 Å². The minimum absolute atomic E-state index is 1.09. The normalized spacial score (nSPS) is 11.2. The minimum atomic E-state index is 1.09. The summed E-state index contributed by atoms with van der Waals surface area (Å²) in [6.45, 7) is 0. The van der Waals surface area contributed by atoms with Crippen LogP contribution in [0.25, 0.3) is 60.9 Å². The molecule has 2 nitrogen and oxygen atoms in total. The second-order valence-electron chi connectivity index (χ2n) is 12.6. The molecule has 236 valence electrons. The van der Waals surface area contributed by atoms with E-state index in [2.05, 4.69) is 216 Å². The number of aromatic nitrogens is 1. The average molecular weight is 639 g/mol. The molecule has 1 aromatic heterocycles. The average Bonchev–Trinajstić information content (AvgIpc) is 3.53. The molecule has 9 aromatic rings. The standard InChI is InChI=1S/C48H34N2/c1-6-17-35(18-7-1)38-31-39(36-19-8-2-9-20-36)33-43(32-38)49(40-23-12-4-13-24-40)42-29-30-45-47(34-42)50(41-25-14-5-15-26-41)46-28-16-27-44(48(45)46)37-21-10-3-11-22-37/h1-34H. The van der Waals surface area contributed by atoms with Crippen LogP contribution in [-0.4, -0.2) is 4.57 Å². The van der Waals surface area contributed by atoms with Gasteiger partial charge in [-0.2, -0.15) is 0 Å². The Morgan fingerprint density at radius 3 is 1.46 bits per heavy atom. The van der Waals surface area contributed by atoms with Crippen molar-refractivity contribution in [3.8, 4) is 39.1 Å². The molecule has 0 aliphatic rings. The maximum atomic E-state index is 2.42. The number of para-hydroxylation sites is 2. The Bertz CT molecular complexity index is 2500. The maximum absolute atomic E-state index is 2.42. The minimum Gasteiger partial charge on any atom is -0.310 e. The lowest BCUT2D eigenvalue weighted by molar-refractivity contribution is 1.18. The van der Waals surface area contributed by atoms with Crippen molar-refractivity contribution in [1.82, 2.24) is 4.57 Å². The van der Waals surface area contributed by atoms with Gasteiger partial charge in [-0.25, -0.2) is 0 Å². The van der Waals surface area contributed by atoms with E-state index in [-0.39, 0.29) is 0 Å². The summed E-state index contributed by atoms with van der Waals surface area (Å²) >= 11 is 0. The number of hydrogen-bond acceptors (Lipinski definition) is 1. The van der Waals surface area contributed by atoms with Gasteiger partial charge in [0.1, 0.15) is 0 Å². The Morgan fingerprint density at radius 2 is 0.860 bits per heavy atom. The Balaban J connectivity index is 1.32. The predicted molar refractivity (Wildman–Crippen MR) is 212 cm³/mol. The topological polar surface area (TPSA) is 8.17 Å². The SMILES string of the molecule is c1ccc(-c2cc(-c3ccccc3)cc(N(c3ccccc3)c3ccc4c5c(-c6ccccc6)cccc5n(-c5ccccc5)c4c3)c2)cc1. The summed E-state index contributed by atoms with van der Waals surface area (Å²) in [5.74, 6) is 0. The zero-order chi connectivity index (χ0) is 33.3. The predicted octanol–water partition coefficient (Wildman–Crippen LogP) is 13.3. The van der Waals surface area contributed by atoms with Crippen molar-refractivity contribution in [3.05, 3.63) is 206 Å². The highest BCUT2D eigenvalue weighted by Crippen LogP contribution is 2.44. The summed E-state index contributed by atoms with van der Waals surface area (Å²) in [7, 11) is 0. The van der Waals surface area contributed by atoms with Gasteiger partial charge in [0.15, 0.2) is 0 Å². The molecule has 1 heterocycles. The molecule has 0 amide bonds. The van der Waals surface area contributed by atoms with E-state index >= 15 is 0 Å². The van der Waals surface area contributed by atoms with Crippen LogP contribution in [0.1, 0.15) is 0 Å². The second-order valence-corrected chi connectivity index (χ2v) is 12.6. The van der Waals surface area contributed by atoms with E-state index in [0.29, 0.717) is 0 Å². The van der Waals surface area contributed by atoms with Gasteiger partial charge in [-0.1, -0.05) is 146 Å². The van der Waals surface area contributed by atoms with Crippen molar-refractivity contribution < 1.29 is 0 Å². The van der Waals surface area contributed by atoms with Gasteiger partial charge in [0.2, 0.25) is 0 Å². The van der Waals surface area contributed by atoms with E-state index in [1.165, 1.54) is 49.7 Å². The van der Waals surface area contributed by atoms with Crippen molar-refractivity contribution in [2.45, 2.75) is 0 Å². The van der Waals surface area contributed by atoms with Gasteiger partial charge in [0.25, 0.3) is 0 Å². The van der Waals surface area contributed by atoms with E-state index in [1.54, 1.807) is 0 Å². The number of fused-ring (bicyclic) bond motifs is 3. The first-order valence-corrected chi connectivity index (χ1v) is 17.1. The monoisotopic (exact) mass is 638 g/mol. The Morgan fingerprint density at radius 1 is 0.320 bits per heavy atom. The molecule has 0 saturated carbocycles. The van der Waals surface area contributed by atoms with Gasteiger partial charge in [-0.3, -0.25) is 0 Å². The van der Waals surface area contributed by atoms with E-state index < -0.39 is 0 Å². The third-order valence-electron chi connectivity index (χ3n) is 9.54. The van der Waals surface area contributed by atoms with Crippen molar-refractivity contribution in [1.29, 1.82) is 0 Å². The number of nitrogens with zero attached hydrogens (tertiary/aromatic N) is 2. The molecular weight excluding hydrogens is 605 g/mol. The second kappa shape index (κ2) is 12.8. The van der Waals surface area contributed by atoms with Crippen molar-refractivity contribution >= 4 is 38.9 Å². The Hall–Kier alpha value is -6.64. The summed E-state index contributed by atoms with van der Waals surface area (Å²) in [4.78, 5) is 2.39. The van der Waals surface area contributed by atoms with E-state index in [1.807, 2.05) is 0 Å². The lowest BCUT2D eigenvalue weighted by Gasteiger charge is -2.27. The van der Waals surface area contributed by atoms with Gasteiger partial charge in [0.05, 0.1) is 11.0 Å². The van der Waals surface area contributed by atoms with Crippen LogP contribution in [0, 0.1) is 0 Å². The molecule has 0 fully saturated rings. The number of benzene rings is 8. The molecule has 9 rings (SSSR count). The van der Waals surface area contributed by atoms with Crippen LogP contribution in [0.15, 0.2) is 206 Å². The van der Waals surface area contributed by atoms with E-state index in [4.69, 9.17) is 0 Å². The zero-order valence-corrected chi connectivity index (χ0v) is 27.5. The molecule has 8 aromatic carbocycles. The molecule has 0 radical (unpaired) electrons. The van der Waals surface area contributed by atoms with Crippen molar-refractivity contribution in [3.63, 3.8) is 0 Å². The third kappa shape index (κ3) is 5.34. The lowest BCUT2D eigenvalue weighted by Crippen LogP contribution is -2.10. The molecule has 0 saturated heterocycles. The first-order chi connectivity index (χ1) is 24.8. The van der Waals surface area contributed by atoms with Gasteiger partial charge < -0.3 is 9.47 Å². The molecule has 0 unspecified atom stereocenters. The van der Waals surface area contributed by atoms with Crippen molar-refractivity contribution in [2.24, 2.45) is 0 Å². The summed E-state index contributed by atoms with van der Waals surface area (Å²) in [6, 6.07) is 74.1. The Kier molecular flexibility index (Phi) is 7.53. The molecule has 2 heteroatoms. The Labute approximate surface area is 292 Å². The molecular formula is C48H34N2. The first kappa shape index (κ1) is 29.5. The quantitative estimate of drug-likeness (QED) is 0.169. The van der Waals surface area contributed by atoms with Gasteiger partial charge in [-0.05, 0) is 94.0 Å². The molecule has 0 aliphatic carbocycles. The highest BCUT2D eigenvalue weighted by Gasteiger charge is 2.20. The summed E-state index contributed by atoms with van der Waals surface area (Å²) in [5, 5.41) is 2.48. The first-order valence-electron chi connectivity index (χ1n) is 17.1. The van der Waals surface area contributed by atoms with E-state index in [0.717, 1.165) is 28.3 Å². The summed E-state index contributed by atoms with van der Waals surface area (Å²) in [5.41, 5.74) is 14.0. The summed E-state index contributed by atoms with van der Waals surface area (Å²) < 4.78 is 2.42. The fraction of sp³-hybridized carbons (Fsp3) is 0. The smallest absolute Gasteiger partial charge is 0.0562 e. The number of anilines is 3. The summed E-state index contributed by atoms with van der Waals surface area (Å²) in [6.07, 6.45) is 0. The van der Waals surface area contributed by atoms with E-state index in [9.17, 15) is 0 Å². The molecule has 0 N–H and O–H groups in total. The lowest BCUT2D eigenvalue weighted by atomic mass is 9.97.